The molecule has 3 rings (SSSR count). The number of carbonyl (C=O) groups is 2. The average molecular weight is 375 g/mol. The first-order chi connectivity index (χ1) is 12.0. The molecule has 6 heteroatoms. The normalized spacial score (nSPS) is 15.9. The Labute approximate surface area is 156 Å². The molecule has 1 atom stereocenters. The molecule has 2 aromatic rings. The van der Waals surface area contributed by atoms with Crippen LogP contribution in [0.15, 0.2) is 46.7 Å². The zero-order valence-electron chi connectivity index (χ0n) is 14.5. The lowest BCUT2D eigenvalue weighted by molar-refractivity contribution is -0.131. The van der Waals surface area contributed by atoms with E-state index in [0.717, 1.165) is 9.77 Å². The number of rotatable bonds is 4. The molecule has 0 spiro atoms. The maximum Gasteiger partial charge on any atom is 0.264 e. The van der Waals surface area contributed by atoms with Crippen molar-refractivity contribution in [1.29, 1.82) is 0 Å². The zero-order valence-corrected chi connectivity index (χ0v) is 16.1. The predicted octanol–water partition coefficient (Wildman–Crippen LogP) is 3.52. The van der Waals surface area contributed by atoms with Crippen molar-refractivity contribution in [3.8, 4) is 0 Å². The maximum atomic E-state index is 12.7. The molecule has 1 saturated heterocycles. The van der Waals surface area contributed by atoms with Crippen molar-refractivity contribution >= 4 is 34.9 Å². The maximum absolute atomic E-state index is 12.7. The third kappa shape index (κ3) is 4.44. The van der Waals surface area contributed by atoms with Crippen LogP contribution in [-0.4, -0.2) is 53.0 Å². The van der Waals surface area contributed by atoms with E-state index in [9.17, 15) is 9.59 Å². The first-order valence-electron chi connectivity index (χ1n) is 8.39. The van der Waals surface area contributed by atoms with Crippen molar-refractivity contribution in [2.24, 2.45) is 0 Å². The first kappa shape index (κ1) is 18.0. The van der Waals surface area contributed by atoms with Gasteiger partial charge in [-0.05, 0) is 37.4 Å². The van der Waals surface area contributed by atoms with Crippen LogP contribution in [0.2, 0.25) is 0 Å². The Morgan fingerprint density at radius 1 is 1.04 bits per heavy atom. The second-order valence-corrected chi connectivity index (χ2v) is 8.53. The zero-order chi connectivity index (χ0) is 17.8. The van der Waals surface area contributed by atoms with Gasteiger partial charge in [-0.25, -0.2) is 0 Å². The van der Waals surface area contributed by atoms with Crippen molar-refractivity contribution in [2.45, 2.75) is 24.0 Å². The smallest absolute Gasteiger partial charge is 0.264 e. The monoisotopic (exact) mass is 374 g/mol. The SMILES string of the molecule is Cc1ccc(SC(C)C(=O)N2CCN(C(=O)c3cccs3)CC2)cc1. The van der Waals surface area contributed by atoms with Crippen LogP contribution >= 0.6 is 23.1 Å². The molecular formula is C19H22N2O2S2. The van der Waals surface area contributed by atoms with Gasteiger partial charge in [0.15, 0.2) is 0 Å². The minimum absolute atomic E-state index is 0.0733. The molecule has 2 amide bonds. The van der Waals surface area contributed by atoms with Crippen LogP contribution in [0.5, 0.6) is 0 Å². The molecule has 2 heterocycles. The molecule has 1 unspecified atom stereocenters. The number of thioether (sulfide) groups is 1. The van der Waals surface area contributed by atoms with Gasteiger partial charge in [0.1, 0.15) is 0 Å². The Hall–Kier alpha value is -1.79. The number of nitrogens with zero attached hydrogens (tertiary/aromatic N) is 2. The summed E-state index contributed by atoms with van der Waals surface area (Å²) < 4.78 is 0. The molecule has 0 aliphatic carbocycles. The fourth-order valence-corrected chi connectivity index (χ4v) is 4.46. The van der Waals surface area contributed by atoms with Gasteiger partial charge < -0.3 is 9.80 Å². The summed E-state index contributed by atoms with van der Waals surface area (Å²) in [5.74, 6) is 0.220. The molecule has 0 radical (unpaired) electrons. The number of thiophene rings is 1. The number of piperazine rings is 1. The van der Waals surface area contributed by atoms with Gasteiger partial charge in [0, 0.05) is 31.1 Å². The third-order valence-electron chi connectivity index (χ3n) is 4.29. The fourth-order valence-electron chi connectivity index (χ4n) is 2.81. The van der Waals surface area contributed by atoms with E-state index in [1.54, 1.807) is 11.8 Å². The molecule has 0 N–H and O–H groups in total. The topological polar surface area (TPSA) is 40.6 Å². The van der Waals surface area contributed by atoms with Gasteiger partial charge in [-0.1, -0.05) is 23.8 Å². The molecule has 1 aliphatic heterocycles. The third-order valence-corrected chi connectivity index (χ3v) is 6.25. The van der Waals surface area contributed by atoms with E-state index in [0.29, 0.717) is 26.2 Å². The summed E-state index contributed by atoms with van der Waals surface area (Å²) in [5, 5.41) is 1.79. The van der Waals surface area contributed by atoms with E-state index in [1.165, 1.54) is 16.9 Å². The van der Waals surface area contributed by atoms with Crippen molar-refractivity contribution in [3.63, 3.8) is 0 Å². The lowest BCUT2D eigenvalue weighted by atomic mass is 10.2. The van der Waals surface area contributed by atoms with Gasteiger partial charge in [-0.2, -0.15) is 0 Å². The van der Waals surface area contributed by atoms with Crippen LogP contribution in [0.4, 0.5) is 0 Å². The summed E-state index contributed by atoms with van der Waals surface area (Å²) in [4.78, 5) is 30.6. The number of amides is 2. The highest BCUT2D eigenvalue weighted by molar-refractivity contribution is 8.00. The van der Waals surface area contributed by atoms with E-state index >= 15 is 0 Å². The van der Waals surface area contributed by atoms with Crippen LogP contribution in [0.1, 0.15) is 22.2 Å². The molecule has 0 bridgehead atoms. The second-order valence-electron chi connectivity index (χ2n) is 6.17. The minimum Gasteiger partial charge on any atom is -0.338 e. The molecule has 4 nitrogen and oxygen atoms in total. The van der Waals surface area contributed by atoms with E-state index in [4.69, 9.17) is 0 Å². The molecule has 25 heavy (non-hydrogen) atoms. The van der Waals surface area contributed by atoms with Crippen LogP contribution < -0.4 is 0 Å². The van der Waals surface area contributed by atoms with Crippen LogP contribution in [-0.2, 0) is 4.79 Å². The average Bonchev–Trinajstić information content (AvgIpc) is 3.17. The Bertz CT molecular complexity index is 720. The van der Waals surface area contributed by atoms with Crippen LogP contribution in [0.25, 0.3) is 0 Å². The quantitative estimate of drug-likeness (QED) is 0.769. The van der Waals surface area contributed by atoms with Crippen molar-refractivity contribution in [1.82, 2.24) is 9.80 Å². The molecular weight excluding hydrogens is 352 g/mol. The number of hydrogen-bond donors (Lipinski definition) is 0. The Balaban J connectivity index is 1.52. The fraction of sp³-hybridized carbons (Fsp3) is 0.368. The predicted molar refractivity (Wildman–Crippen MR) is 103 cm³/mol. The van der Waals surface area contributed by atoms with Gasteiger partial charge in [-0.15, -0.1) is 23.1 Å². The number of carbonyl (C=O) groups excluding carboxylic acids is 2. The Morgan fingerprint density at radius 2 is 1.68 bits per heavy atom. The van der Waals surface area contributed by atoms with E-state index in [-0.39, 0.29) is 17.1 Å². The van der Waals surface area contributed by atoms with Crippen molar-refractivity contribution in [2.75, 3.05) is 26.2 Å². The van der Waals surface area contributed by atoms with E-state index in [2.05, 4.69) is 31.2 Å². The van der Waals surface area contributed by atoms with Crippen LogP contribution in [0.3, 0.4) is 0 Å². The lowest BCUT2D eigenvalue weighted by Crippen LogP contribution is -2.52. The van der Waals surface area contributed by atoms with E-state index in [1.807, 2.05) is 34.2 Å². The van der Waals surface area contributed by atoms with Gasteiger partial charge in [-0.3, -0.25) is 9.59 Å². The van der Waals surface area contributed by atoms with Gasteiger partial charge in [0.2, 0.25) is 5.91 Å². The highest BCUT2D eigenvalue weighted by Gasteiger charge is 2.28. The largest absolute Gasteiger partial charge is 0.338 e. The standard InChI is InChI=1S/C19H22N2O2S2/c1-14-5-7-16(8-6-14)25-15(2)18(22)20-9-11-21(12-10-20)19(23)17-4-3-13-24-17/h3-8,13,15H,9-12H2,1-2H3. The molecule has 1 aliphatic rings. The van der Waals surface area contributed by atoms with E-state index < -0.39 is 0 Å². The van der Waals surface area contributed by atoms with Crippen LogP contribution in [0, 0.1) is 6.92 Å². The molecule has 1 fully saturated rings. The van der Waals surface area contributed by atoms with Gasteiger partial charge >= 0.3 is 0 Å². The summed E-state index contributed by atoms with van der Waals surface area (Å²) in [5.41, 5.74) is 1.22. The summed E-state index contributed by atoms with van der Waals surface area (Å²) >= 11 is 3.05. The highest BCUT2D eigenvalue weighted by Crippen LogP contribution is 2.25. The number of hydrogen-bond acceptors (Lipinski definition) is 4. The Morgan fingerprint density at radius 3 is 2.28 bits per heavy atom. The Kier molecular flexibility index (Phi) is 5.81. The summed E-state index contributed by atoms with van der Waals surface area (Å²) in [6, 6.07) is 12.0. The number of aryl methyl sites for hydroxylation is 1. The molecule has 1 aromatic heterocycles. The molecule has 0 saturated carbocycles. The summed E-state index contributed by atoms with van der Waals surface area (Å²) in [6.45, 7) is 6.42. The lowest BCUT2D eigenvalue weighted by Gasteiger charge is -2.35. The second kappa shape index (κ2) is 8.06. The summed E-state index contributed by atoms with van der Waals surface area (Å²) in [6.07, 6.45) is 0. The molecule has 132 valence electrons. The molecule has 1 aromatic carbocycles. The highest BCUT2D eigenvalue weighted by atomic mass is 32.2. The summed E-state index contributed by atoms with van der Waals surface area (Å²) in [7, 11) is 0. The first-order valence-corrected chi connectivity index (χ1v) is 10.2. The minimum atomic E-state index is -0.123. The number of benzene rings is 1. The van der Waals surface area contributed by atoms with Gasteiger partial charge in [0.25, 0.3) is 5.91 Å². The van der Waals surface area contributed by atoms with Crippen molar-refractivity contribution in [3.05, 3.63) is 52.2 Å². The van der Waals surface area contributed by atoms with Gasteiger partial charge in [0.05, 0.1) is 10.1 Å². The van der Waals surface area contributed by atoms with Crippen molar-refractivity contribution < 1.29 is 9.59 Å².